The Labute approximate surface area is 142 Å². The van der Waals surface area contributed by atoms with E-state index in [4.69, 9.17) is 17.3 Å². The van der Waals surface area contributed by atoms with Crippen molar-refractivity contribution in [3.63, 3.8) is 0 Å². The fraction of sp³-hybridized carbons (Fsp3) is 0.133. The molecule has 2 aromatic carbocycles. The van der Waals surface area contributed by atoms with Gasteiger partial charge in [0.2, 0.25) is 0 Å². The Hall–Kier alpha value is -1.47. The molecule has 0 aliphatic carbocycles. The highest BCUT2D eigenvalue weighted by Crippen LogP contribution is 2.30. The molecular weight excluding hydrogens is 401 g/mol. The zero-order valence-corrected chi connectivity index (χ0v) is 14.3. The Morgan fingerprint density at radius 1 is 1.24 bits per heavy atom. The number of rotatable bonds is 4. The van der Waals surface area contributed by atoms with E-state index in [1.54, 1.807) is 18.2 Å². The second kappa shape index (κ2) is 7.00. The maximum Gasteiger partial charge on any atom is 0.251 e. The first kappa shape index (κ1) is 15.9. The van der Waals surface area contributed by atoms with Gasteiger partial charge in [0.1, 0.15) is 0 Å². The molecule has 0 aromatic heterocycles. The minimum Gasteiger partial charge on any atom is -0.397 e. The summed E-state index contributed by atoms with van der Waals surface area (Å²) in [7, 11) is 0. The third-order valence-corrected chi connectivity index (χ3v) is 3.84. The van der Waals surface area contributed by atoms with Gasteiger partial charge in [-0.25, -0.2) is 0 Å². The van der Waals surface area contributed by atoms with Crippen LogP contribution in [0.3, 0.4) is 0 Å². The number of amides is 1. The van der Waals surface area contributed by atoms with Crippen molar-refractivity contribution in [1.29, 1.82) is 0 Å². The van der Waals surface area contributed by atoms with Gasteiger partial charge in [-0.15, -0.1) is 0 Å². The minimum atomic E-state index is -0.130. The average Bonchev–Trinajstić information content (AvgIpc) is 2.44. The highest BCUT2D eigenvalue weighted by molar-refractivity contribution is 14.1. The van der Waals surface area contributed by atoms with Crippen LogP contribution in [0.25, 0.3) is 0 Å². The third kappa shape index (κ3) is 4.01. The molecule has 0 saturated carbocycles. The Kier molecular flexibility index (Phi) is 5.30. The van der Waals surface area contributed by atoms with Crippen molar-refractivity contribution in [1.82, 2.24) is 5.32 Å². The average molecular weight is 416 g/mol. The molecule has 4 nitrogen and oxygen atoms in total. The Bertz CT molecular complexity index is 676. The molecule has 0 radical (unpaired) electrons. The lowest BCUT2D eigenvalue weighted by Gasteiger charge is -2.12. The topological polar surface area (TPSA) is 67.2 Å². The zero-order valence-electron chi connectivity index (χ0n) is 11.4. The number of carbonyl (C=O) groups excluding carboxylic acids is 1. The summed E-state index contributed by atoms with van der Waals surface area (Å²) in [6.07, 6.45) is 0. The van der Waals surface area contributed by atoms with Gasteiger partial charge in [0.05, 0.1) is 22.1 Å². The van der Waals surface area contributed by atoms with Crippen LogP contribution in [0, 0.1) is 3.57 Å². The van der Waals surface area contributed by atoms with Crippen molar-refractivity contribution in [2.75, 3.05) is 17.6 Å². The van der Waals surface area contributed by atoms with Crippen LogP contribution in [-0.2, 0) is 0 Å². The minimum absolute atomic E-state index is 0.130. The Balaban J connectivity index is 2.30. The van der Waals surface area contributed by atoms with E-state index in [9.17, 15) is 4.79 Å². The molecule has 0 fully saturated rings. The number of nitrogen functional groups attached to an aromatic ring is 1. The lowest BCUT2D eigenvalue weighted by molar-refractivity contribution is 0.0956. The Morgan fingerprint density at radius 2 is 2.00 bits per heavy atom. The second-order valence-corrected chi connectivity index (χ2v) is 6.06. The van der Waals surface area contributed by atoms with Crippen LogP contribution in [0.15, 0.2) is 36.4 Å². The van der Waals surface area contributed by atoms with Gasteiger partial charge in [0, 0.05) is 15.7 Å². The molecule has 0 unspecified atom stereocenters. The SMILES string of the molecule is CCNC(=O)c1ccc(N)c(Nc2ccc(I)cc2Cl)c1. The van der Waals surface area contributed by atoms with Crippen LogP contribution in [0.5, 0.6) is 0 Å². The third-order valence-electron chi connectivity index (χ3n) is 2.85. The molecule has 6 heteroatoms. The monoisotopic (exact) mass is 415 g/mol. The standard InChI is InChI=1S/C15H15ClIN3O/c1-2-19-15(21)9-3-5-12(18)14(7-9)20-13-6-4-10(17)8-11(13)16/h3-8,20H,2,18H2,1H3,(H,19,21). The van der Waals surface area contributed by atoms with Crippen LogP contribution in [-0.4, -0.2) is 12.5 Å². The molecular formula is C15H15ClIN3O. The van der Waals surface area contributed by atoms with Crippen molar-refractivity contribution in [2.45, 2.75) is 6.92 Å². The molecule has 2 aromatic rings. The van der Waals surface area contributed by atoms with E-state index in [-0.39, 0.29) is 5.91 Å². The lowest BCUT2D eigenvalue weighted by atomic mass is 10.1. The molecule has 0 aliphatic heterocycles. The Morgan fingerprint density at radius 3 is 2.67 bits per heavy atom. The zero-order chi connectivity index (χ0) is 15.4. The van der Waals surface area contributed by atoms with E-state index in [0.29, 0.717) is 28.5 Å². The van der Waals surface area contributed by atoms with Gasteiger partial charge in [-0.2, -0.15) is 0 Å². The highest BCUT2D eigenvalue weighted by Gasteiger charge is 2.09. The number of carbonyl (C=O) groups is 1. The molecule has 2 rings (SSSR count). The molecule has 1 amide bonds. The van der Waals surface area contributed by atoms with Gasteiger partial charge in [0.25, 0.3) is 5.91 Å². The van der Waals surface area contributed by atoms with Gasteiger partial charge in [-0.3, -0.25) is 4.79 Å². The largest absolute Gasteiger partial charge is 0.397 e. The summed E-state index contributed by atoms with van der Waals surface area (Å²) < 4.78 is 1.05. The van der Waals surface area contributed by atoms with Crippen LogP contribution in [0.1, 0.15) is 17.3 Å². The molecule has 0 spiro atoms. The number of anilines is 3. The fourth-order valence-corrected chi connectivity index (χ4v) is 2.71. The highest BCUT2D eigenvalue weighted by atomic mass is 127. The summed E-state index contributed by atoms with van der Waals surface area (Å²) in [4.78, 5) is 11.9. The van der Waals surface area contributed by atoms with E-state index in [2.05, 4.69) is 33.2 Å². The van der Waals surface area contributed by atoms with E-state index >= 15 is 0 Å². The normalized spacial score (nSPS) is 10.2. The predicted molar refractivity (Wildman–Crippen MR) is 96.3 cm³/mol. The van der Waals surface area contributed by atoms with Gasteiger partial charge in [0.15, 0.2) is 0 Å². The molecule has 0 bridgehead atoms. The van der Waals surface area contributed by atoms with Crippen molar-refractivity contribution in [3.05, 3.63) is 50.6 Å². The number of nitrogens with one attached hydrogen (secondary N) is 2. The molecule has 4 N–H and O–H groups in total. The molecule has 110 valence electrons. The van der Waals surface area contributed by atoms with Gasteiger partial charge in [-0.1, -0.05) is 11.6 Å². The van der Waals surface area contributed by atoms with E-state index < -0.39 is 0 Å². The summed E-state index contributed by atoms with van der Waals surface area (Å²) >= 11 is 8.39. The summed E-state index contributed by atoms with van der Waals surface area (Å²) in [6.45, 7) is 2.45. The molecule has 0 aliphatic rings. The predicted octanol–water partition coefficient (Wildman–Crippen LogP) is 4.02. The van der Waals surface area contributed by atoms with Crippen LogP contribution < -0.4 is 16.4 Å². The summed E-state index contributed by atoms with van der Waals surface area (Å²) in [5, 5.41) is 6.52. The number of nitrogens with two attached hydrogens (primary N) is 1. The summed E-state index contributed by atoms with van der Waals surface area (Å²) in [5.74, 6) is -0.130. The molecule has 0 atom stereocenters. The van der Waals surface area contributed by atoms with Crippen molar-refractivity contribution in [2.24, 2.45) is 0 Å². The first-order valence-electron chi connectivity index (χ1n) is 6.41. The number of hydrogen-bond donors (Lipinski definition) is 3. The van der Waals surface area contributed by atoms with E-state index in [0.717, 1.165) is 9.26 Å². The first-order valence-corrected chi connectivity index (χ1v) is 7.86. The van der Waals surface area contributed by atoms with Gasteiger partial charge >= 0.3 is 0 Å². The van der Waals surface area contributed by atoms with Crippen LogP contribution in [0.4, 0.5) is 17.1 Å². The van der Waals surface area contributed by atoms with E-state index in [1.165, 1.54) is 0 Å². The fourth-order valence-electron chi connectivity index (χ4n) is 1.80. The number of hydrogen-bond acceptors (Lipinski definition) is 3. The lowest BCUT2D eigenvalue weighted by Crippen LogP contribution is -2.22. The molecule has 0 heterocycles. The van der Waals surface area contributed by atoms with Crippen LogP contribution in [0.2, 0.25) is 5.02 Å². The molecule has 0 saturated heterocycles. The maximum absolute atomic E-state index is 11.9. The number of halogens is 2. The van der Waals surface area contributed by atoms with Crippen LogP contribution >= 0.6 is 34.2 Å². The smallest absolute Gasteiger partial charge is 0.251 e. The summed E-state index contributed by atoms with van der Waals surface area (Å²) in [6, 6.07) is 10.8. The maximum atomic E-state index is 11.9. The van der Waals surface area contributed by atoms with Gasteiger partial charge < -0.3 is 16.4 Å². The van der Waals surface area contributed by atoms with Crippen molar-refractivity contribution in [3.8, 4) is 0 Å². The second-order valence-electron chi connectivity index (χ2n) is 4.41. The van der Waals surface area contributed by atoms with Gasteiger partial charge in [-0.05, 0) is 65.9 Å². The van der Waals surface area contributed by atoms with Crippen molar-refractivity contribution < 1.29 is 4.79 Å². The number of benzene rings is 2. The first-order chi connectivity index (χ1) is 10.0. The quantitative estimate of drug-likeness (QED) is 0.522. The molecule has 21 heavy (non-hydrogen) atoms. The van der Waals surface area contributed by atoms with E-state index in [1.807, 2.05) is 25.1 Å². The van der Waals surface area contributed by atoms with Crippen molar-refractivity contribution >= 4 is 57.2 Å². The summed E-state index contributed by atoms with van der Waals surface area (Å²) in [5.41, 5.74) is 8.46.